The van der Waals surface area contributed by atoms with Crippen molar-refractivity contribution in [2.75, 3.05) is 18.0 Å². The van der Waals surface area contributed by atoms with Gasteiger partial charge in [0.15, 0.2) is 5.82 Å². The molecule has 0 aliphatic carbocycles. The van der Waals surface area contributed by atoms with Gasteiger partial charge in [-0.15, -0.1) is 10.2 Å². The molecule has 1 unspecified atom stereocenters. The summed E-state index contributed by atoms with van der Waals surface area (Å²) < 4.78 is 2.14. The van der Waals surface area contributed by atoms with Crippen molar-refractivity contribution < 1.29 is 0 Å². The third-order valence-electron chi connectivity index (χ3n) is 4.15. The summed E-state index contributed by atoms with van der Waals surface area (Å²) >= 11 is 0. The van der Waals surface area contributed by atoms with Crippen LogP contribution in [0.1, 0.15) is 37.7 Å². The number of fused-ring (bicyclic) bond motifs is 1. The molecular formula is C16H23N5. The van der Waals surface area contributed by atoms with Crippen molar-refractivity contribution in [3.05, 3.63) is 42.0 Å². The zero-order valence-electron chi connectivity index (χ0n) is 12.8. The molecule has 1 aliphatic rings. The molecule has 1 N–H and O–H groups in total. The predicted molar refractivity (Wildman–Crippen MR) is 84.2 cm³/mol. The molecule has 0 saturated carbocycles. The molecule has 1 aliphatic heterocycles. The molecule has 112 valence electrons. The first-order valence-corrected chi connectivity index (χ1v) is 7.77. The van der Waals surface area contributed by atoms with Gasteiger partial charge in [-0.05, 0) is 24.6 Å². The van der Waals surface area contributed by atoms with E-state index in [1.165, 1.54) is 11.3 Å². The Balaban J connectivity index is 1.89. The van der Waals surface area contributed by atoms with Crippen molar-refractivity contribution in [3.8, 4) is 0 Å². The average molecular weight is 285 g/mol. The number of rotatable bonds is 5. The number of hydrogen-bond donors (Lipinski definition) is 1. The van der Waals surface area contributed by atoms with Crippen LogP contribution in [0.15, 0.2) is 30.6 Å². The summed E-state index contributed by atoms with van der Waals surface area (Å²) in [6, 6.07) is 9.13. The maximum absolute atomic E-state index is 4.22. The second kappa shape index (κ2) is 6.26. The van der Waals surface area contributed by atoms with Crippen LogP contribution in [0.3, 0.4) is 0 Å². The van der Waals surface area contributed by atoms with Gasteiger partial charge in [0.2, 0.25) is 0 Å². The monoisotopic (exact) mass is 285 g/mol. The highest BCUT2D eigenvalue weighted by atomic mass is 15.3. The molecule has 5 nitrogen and oxygen atoms in total. The highest BCUT2D eigenvalue weighted by Gasteiger charge is 2.21. The number of anilines is 1. The van der Waals surface area contributed by atoms with Gasteiger partial charge in [-0.3, -0.25) is 0 Å². The van der Waals surface area contributed by atoms with Crippen LogP contribution in [-0.4, -0.2) is 27.9 Å². The molecule has 2 heterocycles. The number of nitrogens with one attached hydrogen (secondary N) is 1. The number of hydrogen-bond acceptors (Lipinski definition) is 4. The van der Waals surface area contributed by atoms with E-state index in [9.17, 15) is 0 Å². The van der Waals surface area contributed by atoms with Gasteiger partial charge in [-0.25, -0.2) is 0 Å². The molecule has 1 aromatic heterocycles. The summed E-state index contributed by atoms with van der Waals surface area (Å²) in [4.78, 5) is 2.42. The fourth-order valence-electron chi connectivity index (χ4n) is 3.06. The van der Waals surface area contributed by atoms with Crippen molar-refractivity contribution >= 4 is 5.69 Å². The lowest BCUT2D eigenvalue weighted by Crippen LogP contribution is -2.35. The fraction of sp³-hybridized carbons (Fsp3) is 0.500. The Hall–Kier alpha value is -1.88. The van der Waals surface area contributed by atoms with Crippen LogP contribution in [-0.2, 0) is 13.1 Å². The van der Waals surface area contributed by atoms with Crippen LogP contribution >= 0.6 is 0 Å². The molecule has 1 atom stereocenters. The Bertz CT molecular complexity index is 592. The van der Waals surface area contributed by atoms with E-state index in [1.807, 2.05) is 6.33 Å². The van der Waals surface area contributed by atoms with Crippen LogP contribution in [0.2, 0.25) is 0 Å². The van der Waals surface area contributed by atoms with Crippen molar-refractivity contribution in [1.82, 2.24) is 20.1 Å². The van der Waals surface area contributed by atoms with Gasteiger partial charge < -0.3 is 14.8 Å². The lowest BCUT2D eigenvalue weighted by molar-refractivity contribution is 0.525. The summed E-state index contributed by atoms with van der Waals surface area (Å²) in [7, 11) is 0. The number of nitrogens with zero attached hydrogens (tertiary/aromatic N) is 4. The van der Waals surface area contributed by atoms with Gasteiger partial charge in [0.25, 0.3) is 0 Å². The third kappa shape index (κ3) is 2.78. The van der Waals surface area contributed by atoms with E-state index in [2.05, 4.69) is 63.1 Å². The maximum atomic E-state index is 4.22. The molecule has 5 heteroatoms. The smallest absolute Gasteiger partial charge is 0.152 e. The van der Waals surface area contributed by atoms with Crippen molar-refractivity contribution in [1.29, 1.82) is 0 Å². The molecule has 0 radical (unpaired) electrons. The molecule has 0 amide bonds. The Labute approximate surface area is 126 Å². The molecule has 1 aromatic carbocycles. The summed E-state index contributed by atoms with van der Waals surface area (Å²) in [5, 5.41) is 11.8. The zero-order valence-corrected chi connectivity index (χ0v) is 12.8. The minimum atomic E-state index is 0.408. The van der Waals surface area contributed by atoms with Crippen LogP contribution in [0.4, 0.5) is 5.69 Å². The first-order valence-electron chi connectivity index (χ1n) is 7.77. The second-order valence-corrected chi connectivity index (χ2v) is 5.44. The van der Waals surface area contributed by atoms with E-state index < -0.39 is 0 Å². The van der Waals surface area contributed by atoms with E-state index in [-0.39, 0.29) is 0 Å². The predicted octanol–water partition coefficient (Wildman–Crippen LogP) is 2.36. The van der Waals surface area contributed by atoms with Crippen LogP contribution in [0, 0.1) is 0 Å². The fourth-order valence-corrected chi connectivity index (χ4v) is 3.06. The average Bonchev–Trinajstić information content (AvgIpc) is 3.00. The van der Waals surface area contributed by atoms with E-state index in [0.717, 1.165) is 38.4 Å². The highest BCUT2D eigenvalue weighted by Crippen LogP contribution is 2.30. The Kier molecular flexibility index (Phi) is 4.20. The molecule has 0 saturated heterocycles. The molecule has 0 fully saturated rings. The standard InChI is InChI=1S/C16H23N5/c1-3-14(17-4-2)13-7-5-6-8-15(13)20-9-10-21-12-18-19-16(21)11-20/h5-8,12,14,17H,3-4,9-11H2,1-2H3. The van der Waals surface area contributed by atoms with Crippen molar-refractivity contribution in [2.45, 2.75) is 39.4 Å². The van der Waals surface area contributed by atoms with Gasteiger partial charge in [-0.1, -0.05) is 32.0 Å². The van der Waals surface area contributed by atoms with Crippen LogP contribution in [0.5, 0.6) is 0 Å². The first-order chi connectivity index (χ1) is 10.3. The summed E-state index contributed by atoms with van der Waals surface area (Å²) in [6.07, 6.45) is 2.92. The Morgan fingerprint density at radius 3 is 2.90 bits per heavy atom. The molecule has 0 bridgehead atoms. The van der Waals surface area contributed by atoms with E-state index in [0.29, 0.717) is 6.04 Å². The third-order valence-corrected chi connectivity index (χ3v) is 4.15. The summed E-state index contributed by atoms with van der Waals surface area (Å²) in [5.41, 5.74) is 2.70. The molecule has 3 rings (SSSR count). The molecule has 21 heavy (non-hydrogen) atoms. The molecule has 0 spiro atoms. The van der Waals surface area contributed by atoms with Crippen LogP contribution in [0.25, 0.3) is 0 Å². The summed E-state index contributed by atoms with van der Waals surface area (Å²) in [5.74, 6) is 1.05. The Morgan fingerprint density at radius 1 is 1.24 bits per heavy atom. The van der Waals surface area contributed by atoms with Gasteiger partial charge in [0, 0.05) is 24.8 Å². The molecular weight excluding hydrogens is 262 g/mol. The van der Waals surface area contributed by atoms with E-state index in [1.54, 1.807) is 0 Å². The lowest BCUT2D eigenvalue weighted by atomic mass is 10.0. The van der Waals surface area contributed by atoms with Gasteiger partial charge in [0.05, 0.1) is 6.54 Å². The summed E-state index contributed by atoms with van der Waals surface area (Å²) in [6.45, 7) is 8.17. The van der Waals surface area contributed by atoms with E-state index >= 15 is 0 Å². The topological polar surface area (TPSA) is 46.0 Å². The normalized spacial score (nSPS) is 15.8. The first kappa shape index (κ1) is 14.1. The number of para-hydroxylation sites is 1. The van der Waals surface area contributed by atoms with Crippen molar-refractivity contribution in [3.63, 3.8) is 0 Å². The quantitative estimate of drug-likeness (QED) is 0.916. The van der Waals surface area contributed by atoms with E-state index in [4.69, 9.17) is 0 Å². The molecule has 2 aromatic rings. The maximum Gasteiger partial charge on any atom is 0.152 e. The highest BCUT2D eigenvalue weighted by molar-refractivity contribution is 5.55. The zero-order chi connectivity index (χ0) is 14.7. The minimum Gasteiger partial charge on any atom is -0.362 e. The SMILES string of the molecule is CCNC(CC)c1ccccc1N1CCn2cnnc2C1. The van der Waals surface area contributed by atoms with Gasteiger partial charge >= 0.3 is 0 Å². The van der Waals surface area contributed by atoms with Gasteiger partial charge in [0.1, 0.15) is 6.33 Å². The minimum absolute atomic E-state index is 0.408. The Morgan fingerprint density at radius 2 is 2.10 bits per heavy atom. The van der Waals surface area contributed by atoms with Gasteiger partial charge in [-0.2, -0.15) is 0 Å². The number of aromatic nitrogens is 3. The largest absolute Gasteiger partial charge is 0.362 e. The lowest BCUT2D eigenvalue weighted by Gasteiger charge is -2.32. The second-order valence-electron chi connectivity index (χ2n) is 5.44. The van der Waals surface area contributed by atoms with Crippen LogP contribution < -0.4 is 10.2 Å². The number of benzene rings is 1. The van der Waals surface area contributed by atoms with Crippen molar-refractivity contribution in [2.24, 2.45) is 0 Å².